The number of piperazine rings is 1. The minimum absolute atomic E-state index is 0.0476. The zero-order valence-electron chi connectivity index (χ0n) is 16.7. The molecule has 4 rings (SSSR count). The first-order valence-electron chi connectivity index (χ1n) is 10.0. The van der Waals surface area contributed by atoms with E-state index < -0.39 is 0 Å². The molecule has 2 aromatic carbocycles. The number of rotatable bonds is 5. The molecule has 1 aromatic heterocycles. The maximum atomic E-state index is 12.3. The van der Waals surface area contributed by atoms with E-state index in [4.69, 9.17) is 0 Å². The Morgan fingerprint density at radius 2 is 1.79 bits per heavy atom. The van der Waals surface area contributed by atoms with Crippen molar-refractivity contribution in [2.24, 2.45) is 0 Å². The van der Waals surface area contributed by atoms with Crippen LogP contribution in [0.1, 0.15) is 25.2 Å². The van der Waals surface area contributed by atoms with E-state index in [1.165, 1.54) is 5.56 Å². The molecule has 5 heteroatoms. The second-order valence-corrected chi connectivity index (χ2v) is 8.28. The minimum atomic E-state index is -0.0476. The predicted molar refractivity (Wildman–Crippen MR) is 113 cm³/mol. The molecular weight excluding hydrogens is 348 g/mol. The van der Waals surface area contributed by atoms with Gasteiger partial charge in [-0.25, -0.2) is 4.98 Å². The third-order valence-electron chi connectivity index (χ3n) is 5.70. The summed E-state index contributed by atoms with van der Waals surface area (Å²) in [5.41, 5.74) is 2.20. The van der Waals surface area contributed by atoms with Crippen LogP contribution in [-0.2, 0) is 13.0 Å². The quantitative estimate of drug-likeness (QED) is 0.744. The zero-order valence-corrected chi connectivity index (χ0v) is 16.7. The van der Waals surface area contributed by atoms with Gasteiger partial charge in [0.15, 0.2) is 0 Å². The number of H-pyrrole nitrogens is 1. The Morgan fingerprint density at radius 1 is 1.04 bits per heavy atom. The number of nitrogens with zero attached hydrogens (tertiary/aromatic N) is 3. The molecule has 0 atom stereocenters. The van der Waals surface area contributed by atoms with E-state index in [0.717, 1.165) is 50.5 Å². The molecule has 0 unspecified atom stereocenters. The molecule has 28 heavy (non-hydrogen) atoms. The average Bonchev–Trinajstić information content (AvgIpc) is 2.69. The molecule has 3 aromatic rings. The summed E-state index contributed by atoms with van der Waals surface area (Å²) < 4.78 is 0. The van der Waals surface area contributed by atoms with Crippen molar-refractivity contribution in [3.05, 3.63) is 76.3 Å². The van der Waals surface area contributed by atoms with Gasteiger partial charge in [-0.05, 0) is 31.5 Å². The Hall–Kier alpha value is -2.50. The summed E-state index contributed by atoms with van der Waals surface area (Å²) in [5.74, 6) is 0.772. The highest BCUT2D eigenvalue weighted by molar-refractivity contribution is 5.77. The summed E-state index contributed by atoms with van der Waals surface area (Å²) in [6.45, 7) is 9.62. The van der Waals surface area contributed by atoms with Crippen LogP contribution in [0.3, 0.4) is 0 Å². The highest BCUT2D eigenvalue weighted by Gasteiger charge is 2.33. The summed E-state index contributed by atoms with van der Waals surface area (Å²) in [7, 11) is 0. The van der Waals surface area contributed by atoms with Crippen LogP contribution in [0, 0.1) is 0 Å². The topological polar surface area (TPSA) is 52.2 Å². The van der Waals surface area contributed by atoms with Crippen molar-refractivity contribution in [3.63, 3.8) is 0 Å². The SMILES string of the molecule is CC1(C)CN(CCc2nc3ccccc3c(=O)[nH]2)CCN1Cc1ccccc1. The van der Waals surface area contributed by atoms with E-state index in [1.54, 1.807) is 0 Å². The molecule has 146 valence electrons. The van der Waals surface area contributed by atoms with Gasteiger partial charge in [-0.2, -0.15) is 0 Å². The summed E-state index contributed by atoms with van der Waals surface area (Å²) in [4.78, 5) is 24.9. The molecule has 0 spiro atoms. The maximum Gasteiger partial charge on any atom is 0.258 e. The van der Waals surface area contributed by atoms with Crippen molar-refractivity contribution in [2.75, 3.05) is 26.2 Å². The minimum Gasteiger partial charge on any atom is -0.310 e. The van der Waals surface area contributed by atoms with Crippen molar-refractivity contribution in [1.82, 2.24) is 19.8 Å². The normalized spacial score (nSPS) is 17.8. The smallest absolute Gasteiger partial charge is 0.258 e. The van der Waals surface area contributed by atoms with Gasteiger partial charge in [0.25, 0.3) is 5.56 Å². The van der Waals surface area contributed by atoms with Crippen LogP contribution in [0.4, 0.5) is 0 Å². The first-order valence-corrected chi connectivity index (χ1v) is 10.0. The summed E-state index contributed by atoms with van der Waals surface area (Å²) in [6.07, 6.45) is 0.759. The lowest BCUT2D eigenvalue weighted by molar-refractivity contribution is 0.0142. The van der Waals surface area contributed by atoms with Gasteiger partial charge < -0.3 is 4.98 Å². The van der Waals surface area contributed by atoms with Gasteiger partial charge >= 0.3 is 0 Å². The average molecular weight is 377 g/mol. The van der Waals surface area contributed by atoms with Crippen LogP contribution in [0.5, 0.6) is 0 Å². The number of para-hydroxylation sites is 1. The number of fused-ring (bicyclic) bond motifs is 1. The standard InChI is InChI=1S/C23H28N4O/c1-23(2)17-26(14-15-27(23)16-18-8-4-3-5-9-18)13-12-21-24-20-11-7-6-10-19(20)22(28)25-21/h3-11H,12-17H2,1-2H3,(H,24,25,28). The fourth-order valence-corrected chi connectivity index (χ4v) is 4.10. The highest BCUT2D eigenvalue weighted by Crippen LogP contribution is 2.23. The number of benzene rings is 2. The zero-order chi connectivity index (χ0) is 19.6. The number of hydrogen-bond acceptors (Lipinski definition) is 4. The molecule has 1 aliphatic heterocycles. The Bertz CT molecular complexity index is 996. The third-order valence-corrected chi connectivity index (χ3v) is 5.70. The molecule has 0 amide bonds. The van der Waals surface area contributed by atoms with Crippen molar-refractivity contribution < 1.29 is 0 Å². The van der Waals surface area contributed by atoms with E-state index in [2.05, 4.69) is 63.9 Å². The van der Waals surface area contributed by atoms with Gasteiger partial charge in [0.2, 0.25) is 0 Å². The van der Waals surface area contributed by atoms with Crippen molar-refractivity contribution in [3.8, 4) is 0 Å². The van der Waals surface area contributed by atoms with Crippen LogP contribution < -0.4 is 5.56 Å². The second kappa shape index (κ2) is 7.86. The lowest BCUT2D eigenvalue weighted by Crippen LogP contribution is -2.58. The molecule has 0 bridgehead atoms. The fourth-order valence-electron chi connectivity index (χ4n) is 4.10. The third kappa shape index (κ3) is 4.16. The van der Waals surface area contributed by atoms with Gasteiger partial charge in [0.05, 0.1) is 10.9 Å². The summed E-state index contributed by atoms with van der Waals surface area (Å²) in [6, 6.07) is 18.2. The Labute approximate surface area is 166 Å². The molecule has 1 aliphatic rings. The summed E-state index contributed by atoms with van der Waals surface area (Å²) >= 11 is 0. The van der Waals surface area contributed by atoms with Crippen LogP contribution in [-0.4, -0.2) is 51.5 Å². The molecule has 0 radical (unpaired) electrons. The maximum absolute atomic E-state index is 12.3. The number of nitrogens with one attached hydrogen (secondary N) is 1. The molecule has 1 fully saturated rings. The Balaban J connectivity index is 1.39. The van der Waals surface area contributed by atoms with Crippen LogP contribution in [0.2, 0.25) is 0 Å². The molecule has 5 nitrogen and oxygen atoms in total. The molecule has 2 heterocycles. The van der Waals surface area contributed by atoms with Crippen molar-refractivity contribution >= 4 is 10.9 Å². The number of aromatic amines is 1. The van der Waals surface area contributed by atoms with Crippen LogP contribution in [0.15, 0.2) is 59.4 Å². The van der Waals surface area contributed by atoms with E-state index in [9.17, 15) is 4.79 Å². The number of aromatic nitrogens is 2. The van der Waals surface area contributed by atoms with E-state index in [-0.39, 0.29) is 11.1 Å². The molecular formula is C23H28N4O. The largest absolute Gasteiger partial charge is 0.310 e. The lowest BCUT2D eigenvalue weighted by atomic mass is 9.97. The van der Waals surface area contributed by atoms with Gasteiger partial charge in [-0.3, -0.25) is 14.6 Å². The second-order valence-electron chi connectivity index (χ2n) is 8.28. The Kier molecular flexibility index (Phi) is 5.29. The molecule has 0 saturated carbocycles. The molecule has 1 N–H and O–H groups in total. The Morgan fingerprint density at radius 3 is 2.57 bits per heavy atom. The van der Waals surface area contributed by atoms with E-state index >= 15 is 0 Å². The van der Waals surface area contributed by atoms with Crippen LogP contribution >= 0.6 is 0 Å². The van der Waals surface area contributed by atoms with Crippen molar-refractivity contribution in [1.29, 1.82) is 0 Å². The fraction of sp³-hybridized carbons (Fsp3) is 0.391. The lowest BCUT2D eigenvalue weighted by Gasteiger charge is -2.47. The van der Waals surface area contributed by atoms with Gasteiger partial charge in [0, 0.05) is 44.7 Å². The van der Waals surface area contributed by atoms with Crippen molar-refractivity contribution in [2.45, 2.75) is 32.4 Å². The summed E-state index contributed by atoms with van der Waals surface area (Å²) in [5, 5.41) is 0.655. The van der Waals surface area contributed by atoms with Gasteiger partial charge in [-0.15, -0.1) is 0 Å². The predicted octanol–water partition coefficient (Wildman–Crippen LogP) is 3.06. The first kappa shape index (κ1) is 18.8. The monoisotopic (exact) mass is 376 g/mol. The van der Waals surface area contributed by atoms with Gasteiger partial charge in [-0.1, -0.05) is 42.5 Å². The number of hydrogen-bond donors (Lipinski definition) is 1. The van der Waals surface area contributed by atoms with E-state index in [1.807, 2.05) is 24.3 Å². The first-order chi connectivity index (χ1) is 13.5. The molecule has 1 saturated heterocycles. The van der Waals surface area contributed by atoms with E-state index in [0.29, 0.717) is 5.39 Å². The van der Waals surface area contributed by atoms with Crippen LogP contribution in [0.25, 0.3) is 10.9 Å². The van der Waals surface area contributed by atoms with Gasteiger partial charge in [0.1, 0.15) is 5.82 Å². The molecule has 0 aliphatic carbocycles. The highest BCUT2D eigenvalue weighted by atomic mass is 16.1.